The zero-order valence-corrected chi connectivity index (χ0v) is 12.7. The molecule has 3 heteroatoms. The van der Waals surface area contributed by atoms with Crippen molar-refractivity contribution in [1.29, 1.82) is 0 Å². The molecular weight excluding hydrogens is 226 g/mol. The van der Waals surface area contributed by atoms with Gasteiger partial charge in [-0.1, -0.05) is 34.6 Å². The van der Waals surface area contributed by atoms with Crippen molar-refractivity contribution in [2.75, 3.05) is 19.7 Å². The molecule has 1 rings (SSSR count). The molecule has 1 fully saturated rings. The minimum Gasteiger partial charge on any atom is -0.378 e. The molecule has 0 aromatic carbocycles. The maximum Gasteiger partial charge on any atom is 0.227 e. The second-order valence-electron chi connectivity index (χ2n) is 6.79. The van der Waals surface area contributed by atoms with Gasteiger partial charge in [-0.05, 0) is 25.2 Å². The van der Waals surface area contributed by atoms with Crippen LogP contribution in [0.15, 0.2) is 0 Å². The van der Waals surface area contributed by atoms with Crippen molar-refractivity contribution in [1.82, 2.24) is 4.90 Å². The van der Waals surface area contributed by atoms with Crippen molar-refractivity contribution in [3.05, 3.63) is 0 Å². The summed E-state index contributed by atoms with van der Waals surface area (Å²) in [5.41, 5.74) is -0.259. The third-order valence-electron chi connectivity index (χ3n) is 3.42. The SMILES string of the molecule is CC(C)CCOC1CCN(C(=O)C(C)(C)C)CC1. The van der Waals surface area contributed by atoms with Gasteiger partial charge in [-0.15, -0.1) is 0 Å². The van der Waals surface area contributed by atoms with E-state index < -0.39 is 0 Å². The molecule has 0 aromatic heterocycles. The molecule has 0 spiro atoms. The summed E-state index contributed by atoms with van der Waals surface area (Å²) in [6, 6.07) is 0. The van der Waals surface area contributed by atoms with Gasteiger partial charge in [-0.25, -0.2) is 0 Å². The second-order valence-corrected chi connectivity index (χ2v) is 6.79. The van der Waals surface area contributed by atoms with Crippen molar-refractivity contribution in [3.63, 3.8) is 0 Å². The van der Waals surface area contributed by atoms with E-state index in [1.807, 2.05) is 25.7 Å². The Labute approximate surface area is 112 Å². The normalized spacial score (nSPS) is 18.4. The van der Waals surface area contributed by atoms with Crippen LogP contribution in [0.25, 0.3) is 0 Å². The number of hydrogen-bond acceptors (Lipinski definition) is 2. The summed E-state index contributed by atoms with van der Waals surface area (Å²) in [6.45, 7) is 12.9. The zero-order chi connectivity index (χ0) is 13.8. The van der Waals surface area contributed by atoms with Gasteiger partial charge in [0.05, 0.1) is 6.10 Å². The highest BCUT2D eigenvalue weighted by atomic mass is 16.5. The molecule has 106 valence electrons. The van der Waals surface area contributed by atoms with Gasteiger partial charge in [0, 0.05) is 25.1 Å². The standard InChI is InChI=1S/C15H29NO2/c1-12(2)8-11-18-13-6-9-16(10-7-13)14(17)15(3,4)5/h12-13H,6-11H2,1-5H3. The highest BCUT2D eigenvalue weighted by Gasteiger charge is 2.30. The number of hydrogen-bond donors (Lipinski definition) is 0. The van der Waals surface area contributed by atoms with E-state index in [1.54, 1.807) is 0 Å². The van der Waals surface area contributed by atoms with Gasteiger partial charge >= 0.3 is 0 Å². The fourth-order valence-corrected chi connectivity index (χ4v) is 2.17. The number of rotatable bonds is 4. The van der Waals surface area contributed by atoms with Crippen LogP contribution in [-0.4, -0.2) is 36.6 Å². The molecule has 0 unspecified atom stereocenters. The average Bonchev–Trinajstić information content (AvgIpc) is 2.27. The third-order valence-corrected chi connectivity index (χ3v) is 3.42. The Kier molecular flexibility index (Phi) is 5.64. The largest absolute Gasteiger partial charge is 0.378 e. The van der Waals surface area contributed by atoms with Crippen LogP contribution in [0, 0.1) is 11.3 Å². The third kappa shape index (κ3) is 4.97. The lowest BCUT2D eigenvalue weighted by atomic mass is 9.93. The van der Waals surface area contributed by atoms with Crippen molar-refractivity contribution >= 4 is 5.91 Å². The summed E-state index contributed by atoms with van der Waals surface area (Å²) in [4.78, 5) is 14.1. The predicted molar refractivity (Wildman–Crippen MR) is 74.5 cm³/mol. The Morgan fingerprint density at radius 3 is 2.28 bits per heavy atom. The van der Waals surface area contributed by atoms with Gasteiger partial charge in [-0.2, -0.15) is 0 Å². The molecule has 3 nitrogen and oxygen atoms in total. The van der Waals surface area contributed by atoms with E-state index in [4.69, 9.17) is 4.74 Å². The quantitative estimate of drug-likeness (QED) is 0.772. The van der Waals surface area contributed by atoms with Crippen molar-refractivity contribution < 1.29 is 9.53 Å². The Bertz CT molecular complexity index is 260. The number of carbonyl (C=O) groups excluding carboxylic acids is 1. The Morgan fingerprint density at radius 2 is 1.83 bits per heavy atom. The molecule has 0 bridgehead atoms. The highest BCUT2D eigenvalue weighted by Crippen LogP contribution is 2.22. The molecule has 18 heavy (non-hydrogen) atoms. The molecule has 0 aliphatic carbocycles. The fraction of sp³-hybridized carbons (Fsp3) is 0.933. The van der Waals surface area contributed by atoms with Gasteiger partial charge in [0.25, 0.3) is 0 Å². The van der Waals surface area contributed by atoms with E-state index in [0.29, 0.717) is 12.0 Å². The molecule has 0 atom stereocenters. The summed E-state index contributed by atoms with van der Waals surface area (Å²) in [7, 11) is 0. The molecule has 0 N–H and O–H groups in total. The monoisotopic (exact) mass is 255 g/mol. The highest BCUT2D eigenvalue weighted by molar-refractivity contribution is 5.81. The molecule has 0 radical (unpaired) electrons. The van der Waals surface area contributed by atoms with Crippen molar-refractivity contribution in [2.24, 2.45) is 11.3 Å². The smallest absolute Gasteiger partial charge is 0.227 e. The Hall–Kier alpha value is -0.570. The number of amides is 1. The van der Waals surface area contributed by atoms with Gasteiger partial charge in [0.15, 0.2) is 0 Å². The first-order valence-electron chi connectivity index (χ1n) is 7.21. The summed E-state index contributed by atoms with van der Waals surface area (Å²) < 4.78 is 5.87. The molecule has 1 heterocycles. The lowest BCUT2D eigenvalue weighted by Crippen LogP contribution is -2.45. The van der Waals surface area contributed by atoms with E-state index in [0.717, 1.165) is 39.0 Å². The first-order valence-corrected chi connectivity index (χ1v) is 7.21. The number of likely N-dealkylation sites (tertiary alicyclic amines) is 1. The molecule has 0 saturated carbocycles. The van der Waals surface area contributed by atoms with E-state index in [9.17, 15) is 4.79 Å². The molecule has 1 aliphatic heterocycles. The van der Waals surface area contributed by atoms with Gasteiger partial charge < -0.3 is 9.64 Å². The Balaban J connectivity index is 2.27. The van der Waals surface area contributed by atoms with Gasteiger partial charge in [0.1, 0.15) is 0 Å². The predicted octanol–water partition coefficient (Wildman–Crippen LogP) is 3.09. The Morgan fingerprint density at radius 1 is 1.28 bits per heavy atom. The number of piperidine rings is 1. The first-order chi connectivity index (χ1) is 8.30. The van der Waals surface area contributed by atoms with Crippen molar-refractivity contribution in [3.8, 4) is 0 Å². The van der Waals surface area contributed by atoms with E-state index in [-0.39, 0.29) is 11.3 Å². The van der Waals surface area contributed by atoms with Crippen LogP contribution in [-0.2, 0) is 9.53 Å². The van der Waals surface area contributed by atoms with E-state index in [2.05, 4.69) is 13.8 Å². The van der Waals surface area contributed by atoms with Crippen LogP contribution in [0.4, 0.5) is 0 Å². The van der Waals surface area contributed by atoms with Crippen LogP contribution in [0.2, 0.25) is 0 Å². The lowest BCUT2D eigenvalue weighted by molar-refractivity contribution is -0.142. The van der Waals surface area contributed by atoms with Crippen LogP contribution < -0.4 is 0 Å². The lowest BCUT2D eigenvalue weighted by Gasteiger charge is -2.35. The van der Waals surface area contributed by atoms with Crippen molar-refractivity contribution in [2.45, 2.75) is 60.0 Å². The van der Waals surface area contributed by atoms with Crippen LogP contribution in [0.5, 0.6) is 0 Å². The topological polar surface area (TPSA) is 29.5 Å². The van der Waals surface area contributed by atoms with Crippen LogP contribution in [0.3, 0.4) is 0 Å². The molecular formula is C15H29NO2. The van der Waals surface area contributed by atoms with Crippen LogP contribution in [0.1, 0.15) is 53.9 Å². The average molecular weight is 255 g/mol. The first kappa shape index (κ1) is 15.5. The number of ether oxygens (including phenoxy) is 1. The number of carbonyl (C=O) groups is 1. The molecule has 0 aromatic rings. The molecule has 1 amide bonds. The summed E-state index contributed by atoms with van der Waals surface area (Å²) in [5, 5.41) is 0. The fourth-order valence-electron chi connectivity index (χ4n) is 2.17. The minimum absolute atomic E-state index is 0.259. The summed E-state index contributed by atoms with van der Waals surface area (Å²) >= 11 is 0. The summed E-state index contributed by atoms with van der Waals surface area (Å²) in [6.07, 6.45) is 3.45. The van der Waals surface area contributed by atoms with E-state index in [1.165, 1.54) is 0 Å². The molecule has 1 aliphatic rings. The van der Waals surface area contributed by atoms with Crippen LogP contribution >= 0.6 is 0 Å². The summed E-state index contributed by atoms with van der Waals surface area (Å²) in [5.74, 6) is 0.968. The van der Waals surface area contributed by atoms with E-state index >= 15 is 0 Å². The van der Waals surface area contributed by atoms with Gasteiger partial charge in [0.2, 0.25) is 5.91 Å². The zero-order valence-electron chi connectivity index (χ0n) is 12.7. The van der Waals surface area contributed by atoms with Gasteiger partial charge in [-0.3, -0.25) is 4.79 Å². The maximum absolute atomic E-state index is 12.1. The maximum atomic E-state index is 12.1. The molecule has 1 saturated heterocycles. The number of nitrogens with zero attached hydrogens (tertiary/aromatic N) is 1. The minimum atomic E-state index is -0.259. The second kappa shape index (κ2) is 6.55.